The van der Waals surface area contributed by atoms with E-state index < -0.39 is 0 Å². The molecule has 23 heavy (non-hydrogen) atoms. The molecule has 0 radical (unpaired) electrons. The molecule has 0 saturated carbocycles. The summed E-state index contributed by atoms with van der Waals surface area (Å²) in [5.74, 6) is 1.44. The number of hydrogen-bond donors (Lipinski definition) is 3. The van der Waals surface area contributed by atoms with Gasteiger partial charge in [-0.3, -0.25) is 0 Å². The van der Waals surface area contributed by atoms with Crippen molar-refractivity contribution < 1.29 is 0 Å². The van der Waals surface area contributed by atoms with Crippen molar-refractivity contribution in [3.63, 3.8) is 0 Å². The van der Waals surface area contributed by atoms with E-state index in [0.717, 1.165) is 18.7 Å². The van der Waals surface area contributed by atoms with E-state index in [4.69, 9.17) is 11.1 Å². The number of nitrogens with two attached hydrogens (primary N) is 1. The SMILES string of the molecule is Cc1nc(NC2CCCc3ccccc32)cc(/C(C=N)=C/N)n1. The van der Waals surface area contributed by atoms with Gasteiger partial charge in [0.15, 0.2) is 0 Å². The minimum atomic E-state index is 0.257. The summed E-state index contributed by atoms with van der Waals surface area (Å²) in [5, 5.41) is 11.0. The fourth-order valence-corrected chi connectivity index (χ4v) is 3.08. The molecule has 0 aliphatic heterocycles. The third-order valence-corrected chi connectivity index (χ3v) is 4.16. The molecule has 1 heterocycles. The summed E-state index contributed by atoms with van der Waals surface area (Å²) < 4.78 is 0. The molecule has 1 aliphatic rings. The average Bonchev–Trinajstić information content (AvgIpc) is 2.56. The number of hydrogen-bond acceptors (Lipinski definition) is 5. The average molecular weight is 307 g/mol. The normalized spacial score (nSPS) is 17.4. The van der Waals surface area contributed by atoms with Crippen LogP contribution in [0.1, 0.15) is 41.5 Å². The van der Waals surface area contributed by atoms with Gasteiger partial charge in [-0.15, -0.1) is 0 Å². The first-order valence-corrected chi connectivity index (χ1v) is 7.84. The number of aromatic nitrogens is 2. The summed E-state index contributed by atoms with van der Waals surface area (Å²) >= 11 is 0. The lowest BCUT2D eigenvalue weighted by Gasteiger charge is -2.27. The molecule has 0 bridgehead atoms. The van der Waals surface area contributed by atoms with Crippen LogP contribution in [-0.2, 0) is 6.42 Å². The lowest BCUT2D eigenvalue weighted by atomic mass is 9.88. The highest BCUT2D eigenvalue weighted by Crippen LogP contribution is 2.32. The topological polar surface area (TPSA) is 87.7 Å². The number of fused-ring (bicyclic) bond motifs is 1. The smallest absolute Gasteiger partial charge is 0.130 e. The third-order valence-electron chi connectivity index (χ3n) is 4.16. The molecule has 0 amide bonds. The van der Waals surface area contributed by atoms with E-state index in [2.05, 4.69) is 39.6 Å². The number of allylic oxidation sites excluding steroid dienone is 1. The first kappa shape index (κ1) is 15.2. The number of anilines is 1. The maximum atomic E-state index is 7.43. The summed E-state index contributed by atoms with van der Waals surface area (Å²) in [7, 11) is 0. The van der Waals surface area contributed by atoms with E-state index in [1.807, 2.05) is 13.0 Å². The standard InChI is InChI=1S/C18H21N5/c1-12-21-17(14(10-19)11-20)9-18(22-12)23-16-8-4-6-13-5-2-3-7-15(13)16/h2-3,5,7,9-11,16,19H,4,6,8,20H2,1H3,(H,21,22,23)/b14-11+,19-10?. The van der Waals surface area contributed by atoms with E-state index in [9.17, 15) is 0 Å². The van der Waals surface area contributed by atoms with Crippen LogP contribution < -0.4 is 11.1 Å². The van der Waals surface area contributed by atoms with Crippen LogP contribution >= 0.6 is 0 Å². The second-order valence-electron chi connectivity index (χ2n) is 5.74. The summed E-state index contributed by atoms with van der Waals surface area (Å²) in [5.41, 5.74) is 9.58. The molecule has 1 unspecified atom stereocenters. The zero-order valence-corrected chi connectivity index (χ0v) is 13.2. The molecule has 118 valence electrons. The molecule has 4 N–H and O–H groups in total. The van der Waals surface area contributed by atoms with Gasteiger partial charge in [0.2, 0.25) is 0 Å². The number of nitrogens with one attached hydrogen (secondary N) is 2. The number of aryl methyl sites for hydroxylation is 2. The maximum absolute atomic E-state index is 7.43. The molecule has 5 heteroatoms. The highest BCUT2D eigenvalue weighted by Gasteiger charge is 2.20. The van der Waals surface area contributed by atoms with Crippen molar-refractivity contribution in [3.05, 3.63) is 59.2 Å². The Kier molecular flexibility index (Phi) is 4.37. The molecule has 1 atom stereocenters. The van der Waals surface area contributed by atoms with Gasteiger partial charge in [-0.05, 0) is 37.3 Å². The van der Waals surface area contributed by atoms with Crippen LogP contribution in [0, 0.1) is 12.3 Å². The van der Waals surface area contributed by atoms with Gasteiger partial charge < -0.3 is 16.5 Å². The molecular weight excluding hydrogens is 286 g/mol. The predicted octanol–water partition coefficient (Wildman–Crippen LogP) is 3.22. The fraction of sp³-hybridized carbons (Fsp3) is 0.278. The Hall–Kier alpha value is -2.69. The Balaban J connectivity index is 1.91. The quantitative estimate of drug-likeness (QED) is 0.757. The lowest BCUT2D eigenvalue weighted by Crippen LogP contribution is -2.18. The summed E-state index contributed by atoms with van der Waals surface area (Å²) in [6.07, 6.45) is 5.99. The van der Waals surface area contributed by atoms with Gasteiger partial charge in [0.05, 0.1) is 11.7 Å². The third kappa shape index (κ3) is 3.23. The number of rotatable bonds is 4. The van der Waals surface area contributed by atoms with Gasteiger partial charge in [-0.2, -0.15) is 0 Å². The van der Waals surface area contributed by atoms with E-state index in [0.29, 0.717) is 17.1 Å². The molecule has 1 aromatic heterocycles. The second kappa shape index (κ2) is 6.60. The van der Waals surface area contributed by atoms with Crippen LogP contribution in [0.4, 0.5) is 5.82 Å². The van der Waals surface area contributed by atoms with E-state index in [1.54, 1.807) is 0 Å². The van der Waals surface area contributed by atoms with Crippen LogP contribution in [0.25, 0.3) is 5.57 Å². The second-order valence-corrected chi connectivity index (χ2v) is 5.74. The van der Waals surface area contributed by atoms with Crippen molar-refractivity contribution in [2.45, 2.75) is 32.2 Å². The Morgan fingerprint density at radius 1 is 1.35 bits per heavy atom. The molecule has 0 spiro atoms. The molecule has 0 fully saturated rings. The van der Waals surface area contributed by atoms with Crippen molar-refractivity contribution >= 4 is 17.6 Å². The maximum Gasteiger partial charge on any atom is 0.130 e. The monoisotopic (exact) mass is 307 g/mol. The highest BCUT2D eigenvalue weighted by atomic mass is 15.0. The lowest BCUT2D eigenvalue weighted by molar-refractivity contribution is 0.598. The van der Waals surface area contributed by atoms with E-state index in [-0.39, 0.29) is 6.04 Å². The Bertz CT molecular complexity index is 751. The molecule has 0 saturated heterocycles. The Labute approximate surface area is 136 Å². The Morgan fingerprint density at radius 3 is 2.96 bits per heavy atom. The van der Waals surface area contributed by atoms with Crippen molar-refractivity contribution in [1.29, 1.82) is 5.41 Å². The van der Waals surface area contributed by atoms with Crippen molar-refractivity contribution in [2.75, 3.05) is 5.32 Å². The summed E-state index contributed by atoms with van der Waals surface area (Å²) in [4.78, 5) is 8.85. The van der Waals surface area contributed by atoms with E-state index in [1.165, 1.54) is 30.0 Å². The van der Waals surface area contributed by atoms with Gasteiger partial charge >= 0.3 is 0 Å². The molecule has 1 aliphatic carbocycles. The summed E-state index contributed by atoms with van der Waals surface area (Å²) in [6.45, 7) is 1.85. The van der Waals surface area contributed by atoms with Gasteiger partial charge in [0.1, 0.15) is 11.6 Å². The number of benzene rings is 1. The van der Waals surface area contributed by atoms with Crippen LogP contribution in [-0.4, -0.2) is 16.2 Å². The first-order chi connectivity index (χ1) is 11.2. The molecule has 1 aromatic carbocycles. The predicted molar refractivity (Wildman–Crippen MR) is 93.5 cm³/mol. The zero-order chi connectivity index (χ0) is 16.2. The van der Waals surface area contributed by atoms with Crippen LogP contribution in [0.2, 0.25) is 0 Å². The van der Waals surface area contributed by atoms with E-state index >= 15 is 0 Å². The summed E-state index contributed by atoms with van der Waals surface area (Å²) in [6, 6.07) is 10.7. The molecule has 2 aromatic rings. The van der Waals surface area contributed by atoms with Crippen LogP contribution in [0.15, 0.2) is 36.5 Å². The zero-order valence-electron chi connectivity index (χ0n) is 13.2. The number of nitrogens with zero attached hydrogens (tertiary/aromatic N) is 2. The fourth-order valence-electron chi connectivity index (χ4n) is 3.08. The first-order valence-electron chi connectivity index (χ1n) is 7.84. The minimum Gasteiger partial charge on any atom is -0.404 e. The van der Waals surface area contributed by atoms with Crippen molar-refractivity contribution in [3.8, 4) is 0 Å². The van der Waals surface area contributed by atoms with Gasteiger partial charge in [-0.1, -0.05) is 24.3 Å². The van der Waals surface area contributed by atoms with Crippen LogP contribution in [0.3, 0.4) is 0 Å². The van der Waals surface area contributed by atoms with Crippen molar-refractivity contribution in [2.24, 2.45) is 5.73 Å². The largest absolute Gasteiger partial charge is 0.404 e. The Morgan fingerprint density at radius 2 is 2.17 bits per heavy atom. The van der Waals surface area contributed by atoms with Gasteiger partial charge in [0.25, 0.3) is 0 Å². The molecule has 3 rings (SSSR count). The molecule has 5 nitrogen and oxygen atoms in total. The van der Waals surface area contributed by atoms with Gasteiger partial charge in [-0.25, -0.2) is 9.97 Å². The van der Waals surface area contributed by atoms with Crippen molar-refractivity contribution in [1.82, 2.24) is 9.97 Å². The van der Waals surface area contributed by atoms with Crippen LogP contribution in [0.5, 0.6) is 0 Å². The molecular formula is C18H21N5. The highest BCUT2D eigenvalue weighted by molar-refractivity contribution is 6.07. The minimum absolute atomic E-state index is 0.257. The van der Waals surface area contributed by atoms with Gasteiger partial charge in [0, 0.05) is 24.1 Å².